The Morgan fingerprint density at radius 3 is 2.17 bits per heavy atom. The predicted octanol–water partition coefficient (Wildman–Crippen LogP) is 4.49. The average Bonchev–Trinajstić information content (AvgIpc) is 2.27. The maximum absolute atomic E-state index is 13.7. The third-order valence-electron chi connectivity index (χ3n) is 3.30. The minimum absolute atomic E-state index is 0.0562. The molecule has 0 fully saturated rings. The Bertz CT molecular complexity index is 409. The Kier molecular flexibility index (Phi) is 4.98. The zero-order chi connectivity index (χ0) is 13.9. The van der Waals surface area contributed by atoms with E-state index in [1.165, 1.54) is 6.92 Å². The molecule has 0 aliphatic rings. The number of carbonyl (C=O) groups excluding carboxylic acids is 1. The Balaban J connectivity index is 3.10. The van der Waals surface area contributed by atoms with Crippen molar-refractivity contribution in [1.82, 2.24) is 0 Å². The smallest absolute Gasteiger partial charge is 0.265 e. The van der Waals surface area contributed by atoms with Gasteiger partial charge in [0.2, 0.25) is 0 Å². The highest BCUT2D eigenvalue weighted by Gasteiger charge is 2.38. The summed E-state index contributed by atoms with van der Waals surface area (Å²) >= 11 is 0. The van der Waals surface area contributed by atoms with Crippen molar-refractivity contribution in [2.45, 2.75) is 38.8 Å². The first-order valence-corrected chi connectivity index (χ1v) is 6.62. The summed E-state index contributed by atoms with van der Waals surface area (Å²) < 4.78 is 27.3. The number of alkyl halides is 2. The van der Waals surface area contributed by atoms with Crippen molar-refractivity contribution in [3.63, 3.8) is 0 Å². The van der Waals surface area contributed by atoms with Gasteiger partial charge in [-0.1, -0.05) is 53.8 Å². The van der Waals surface area contributed by atoms with Crippen LogP contribution in [0.1, 0.15) is 49.0 Å². The van der Waals surface area contributed by atoms with Crippen molar-refractivity contribution in [1.29, 1.82) is 0 Å². The third-order valence-corrected chi connectivity index (χ3v) is 3.66. The van der Waals surface area contributed by atoms with E-state index < -0.39 is 11.6 Å². The minimum Gasteiger partial charge on any atom is -0.295 e. The molecule has 0 saturated heterocycles. The van der Waals surface area contributed by atoms with Gasteiger partial charge in [-0.3, -0.25) is 4.79 Å². The number of carbonyl (C=O) groups is 1. The van der Waals surface area contributed by atoms with Crippen molar-refractivity contribution in [2.24, 2.45) is 5.92 Å². The summed E-state index contributed by atoms with van der Waals surface area (Å²) in [6.45, 7) is 5.19. The fraction of sp³-hybridized carbons (Fsp3) is 0.500. The van der Waals surface area contributed by atoms with Gasteiger partial charge in [0.1, 0.15) is 0 Å². The molecular weight excluding hydrogens is 253 g/mol. The summed E-state index contributed by atoms with van der Waals surface area (Å²) in [5, 5.41) is 0. The second-order valence-corrected chi connectivity index (χ2v) is 5.49. The van der Waals surface area contributed by atoms with E-state index in [1.807, 2.05) is 13.8 Å². The lowest BCUT2D eigenvalue weighted by atomic mass is 9.85. The second kappa shape index (κ2) is 5.88. The molecule has 1 rings (SSSR count). The monoisotopic (exact) mass is 272 g/mol. The lowest BCUT2D eigenvalue weighted by Crippen LogP contribution is -2.25. The first kappa shape index (κ1) is 15.2. The number of hydrogen-bond donors (Lipinski definition) is 0. The van der Waals surface area contributed by atoms with Crippen molar-refractivity contribution in [2.75, 3.05) is 0 Å². The van der Waals surface area contributed by atoms with Gasteiger partial charge in [-0.2, -0.15) is 0 Å². The number of rotatable bonds is 5. The molecule has 1 nitrogen and oxygen atoms in total. The summed E-state index contributed by atoms with van der Waals surface area (Å²) in [6, 6.07) is 6.49. The van der Waals surface area contributed by atoms with Crippen molar-refractivity contribution in [3.8, 4) is 0 Å². The number of halogens is 2. The first-order valence-electron chi connectivity index (χ1n) is 6.05. The Morgan fingerprint density at radius 1 is 1.33 bits per heavy atom. The molecule has 0 saturated carbocycles. The molecular formula is C14H19F2OP. The van der Waals surface area contributed by atoms with Gasteiger partial charge in [-0.25, -0.2) is 8.78 Å². The zero-order valence-electron chi connectivity index (χ0n) is 10.9. The van der Waals surface area contributed by atoms with Crippen LogP contribution < -0.4 is 0 Å². The van der Waals surface area contributed by atoms with Crippen LogP contribution in [0.3, 0.4) is 0 Å². The van der Waals surface area contributed by atoms with Crippen LogP contribution >= 0.6 is 9.24 Å². The molecule has 1 aromatic carbocycles. The Labute approximate surface area is 109 Å². The third kappa shape index (κ3) is 3.58. The molecule has 0 spiro atoms. The van der Waals surface area contributed by atoms with Gasteiger partial charge in [0.05, 0.1) is 5.92 Å². The van der Waals surface area contributed by atoms with Crippen LogP contribution in [0.25, 0.3) is 0 Å². The molecule has 4 heteroatoms. The number of hydrogen-bond acceptors (Lipinski definition) is 1. The van der Waals surface area contributed by atoms with Gasteiger partial charge in [0.15, 0.2) is 5.78 Å². The predicted molar refractivity (Wildman–Crippen MR) is 73.3 cm³/mol. The molecule has 0 bridgehead atoms. The van der Waals surface area contributed by atoms with Gasteiger partial charge in [0.25, 0.3) is 5.66 Å². The number of Topliss-reactive ketones (excluding diaryl/α,β-unsaturated/α-hetero) is 1. The molecule has 18 heavy (non-hydrogen) atoms. The lowest BCUT2D eigenvalue weighted by molar-refractivity contribution is 0.0489. The van der Waals surface area contributed by atoms with Gasteiger partial charge in [-0.15, -0.1) is 0 Å². The summed E-state index contributed by atoms with van der Waals surface area (Å²) in [7, 11) is 1.63. The molecule has 100 valence electrons. The fourth-order valence-electron chi connectivity index (χ4n) is 2.09. The van der Waals surface area contributed by atoms with Gasteiger partial charge in [-0.05, 0) is 18.4 Å². The highest BCUT2D eigenvalue weighted by molar-refractivity contribution is 7.18. The maximum atomic E-state index is 13.7. The van der Waals surface area contributed by atoms with Crippen LogP contribution in [-0.4, -0.2) is 11.4 Å². The molecule has 3 atom stereocenters. The summed E-state index contributed by atoms with van der Waals surface area (Å²) in [4.78, 5) is 11.2. The standard InChI is InChI=1S/C14H19F2OP/c1-4-9(2)13(14(15,16)18)12-7-5-11(6-8-12)10(3)17/h5-9,13H,4,18H2,1-3H3. The first-order chi connectivity index (χ1) is 8.27. The summed E-state index contributed by atoms with van der Waals surface area (Å²) in [5.74, 6) is -1.02. The van der Waals surface area contributed by atoms with Crippen molar-refractivity contribution >= 4 is 15.0 Å². The van der Waals surface area contributed by atoms with E-state index in [4.69, 9.17) is 0 Å². The number of benzene rings is 1. The highest BCUT2D eigenvalue weighted by Crippen LogP contribution is 2.44. The molecule has 0 radical (unpaired) electrons. The van der Waals surface area contributed by atoms with E-state index in [9.17, 15) is 13.6 Å². The molecule has 0 N–H and O–H groups in total. The summed E-state index contributed by atoms with van der Waals surface area (Å²) in [5.41, 5.74) is -1.71. The van der Waals surface area contributed by atoms with Gasteiger partial charge in [0, 0.05) is 5.56 Å². The van der Waals surface area contributed by atoms with Crippen LogP contribution in [-0.2, 0) is 0 Å². The van der Waals surface area contributed by atoms with E-state index >= 15 is 0 Å². The van der Waals surface area contributed by atoms with Gasteiger partial charge < -0.3 is 0 Å². The maximum Gasteiger partial charge on any atom is 0.265 e. The van der Waals surface area contributed by atoms with E-state index in [0.29, 0.717) is 17.5 Å². The van der Waals surface area contributed by atoms with E-state index in [1.54, 1.807) is 33.5 Å². The quantitative estimate of drug-likeness (QED) is 0.570. The molecule has 0 heterocycles. The van der Waals surface area contributed by atoms with Gasteiger partial charge >= 0.3 is 0 Å². The summed E-state index contributed by atoms with van der Waals surface area (Å²) in [6.07, 6.45) is 0.684. The fourth-order valence-corrected chi connectivity index (χ4v) is 2.61. The lowest BCUT2D eigenvalue weighted by Gasteiger charge is -2.29. The van der Waals surface area contributed by atoms with Crippen LogP contribution in [0.5, 0.6) is 0 Å². The highest BCUT2D eigenvalue weighted by atomic mass is 31.0. The Morgan fingerprint density at radius 2 is 1.83 bits per heavy atom. The van der Waals surface area contributed by atoms with Crippen molar-refractivity contribution in [3.05, 3.63) is 35.4 Å². The van der Waals surface area contributed by atoms with E-state index in [0.717, 1.165) is 0 Å². The molecule has 0 aliphatic carbocycles. The average molecular weight is 272 g/mol. The normalized spacial score (nSPS) is 15.2. The number of ketones is 1. The van der Waals surface area contributed by atoms with Crippen molar-refractivity contribution < 1.29 is 13.6 Å². The topological polar surface area (TPSA) is 17.1 Å². The van der Waals surface area contributed by atoms with Crippen LogP contribution in [0.2, 0.25) is 0 Å². The minimum atomic E-state index is -2.84. The van der Waals surface area contributed by atoms with Crippen LogP contribution in [0.4, 0.5) is 8.78 Å². The molecule has 0 amide bonds. The molecule has 0 aromatic heterocycles. The van der Waals surface area contributed by atoms with E-state index in [2.05, 4.69) is 0 Å². The SMILES string of the molecule is CCC(C)C(c1ccc(C(C)=O)cc1)C(F)(F)P. The molecule has 3 unspecified atom stereocenters. The van der Waals surface area contributed by atoms with E-state index in [-0.39, 0.29) is 11.7 Å². The molecule has 0 aliphatic heterocycles. The second-order valence-electron chi connectivity index (χ2n) is 4.72. The Hall–Kier alpha value is -0.820. The van der Waals surface area contributed by atoms with Crippen LogP contribution in [0, 0.1) is 5.92 Å². The molecule has 1 aromatic rings. The van der Waals surface area contributed by atoms with Crippen LogP contribution in [0.15, 0.2) is 24.3 Å². The zero-order valence-corrected chi connectivity index (χ0v) is 12.1. The largest absolute Gasteiger partial charge is 0.295 e.